The van der Waals surface area contributed by atoms with E-state index in [1.54, 1.807) is 0 Å². The molecule has 8 heteroatoms. The zero-order valence-corrected chi connectivity index (χ0v) is 11.5. The quantitative estimate of drug-likeness (QED) is 0.466. The second-order valence-electron chi connectivity index (χ2n) is 3.03. The van der Waals surface area contributed by atoms with Crippen LogP contribution in [0.4, 0.5) is 12.9 Å². The summed E-state index contributed by atoms with van der Waals surface area (Å²) < 4.78 is 47.2. The van der Waals surface area contributed by atoms with Crippen molar-refractivity contribution < 1.29 is 78.6 Å². The number of benzene rings is 1. The number of carbonyl (C=O) groups excluding carboxylic acids is 1. The average Bonchev–Trinajstić information content (AvgIpc) is 2.60. The van der Waals surface area contributed by atoms with Crippen LogP contribution in [-0.2, 0) is 0 Å². The van der Waals surface area contributed by atoms with Crippen LogP contribution in [0.5, 0.6) is 11.5 Å². The molecular formula is C8H5BF3KO3. The van der Waals surface area contributed by atoms with Crippen molar-refractivity contribution in [3.05, 3.63) is 17.7 Å². The maximum Gasteiger partial charge on any atom is 1.00 e. The van der Waals surface area contributed by atoms with E-state index in [9.17, 15) is 17.7 Å². The Balaban J connectivity index is 0.00000128. The van der Waals surface area contributed by atoms with Crippen LogP contribution in [0.1, 0.15) is 10.4 Å². The van der Waals surface area contributed by atoms with Gasteiger partial charge in [0.25, 0.3) is 0 Å². The van der Waals surface area contributed by atoms with Crippen LogP contribution in [0.15, 0.2) is 12.1 Å². The number of carbonyl (C=O) groups is 1. The standard InChI is InChI=1S/C8H5BF3O3.K/c10-9(11,12)6-2-8-7(14-4-15-8)1-5(6)3-13;/h1-3H,4H2;/q-1;+1. The average molecular weight is 256 g/mol. The van der Waals surface area contributed by atoms with Gasteiger partial charge < -0.3 is 22.4 Å². The Morgan fingerprint density at radius 2 is 1.75 bits per heavy atom. The van der Waals surface area contributed by atoms with Crippen molar-refractivity contribution in [2.45, 2.75) is 0 Å². The van der Waals surface area contributed by atoms with E-state index in [0.717, 1.165) is 12.1 Å². The zero-order valence-electron chi connectivity index (χ0n) is 8.38. The fraction of sp³-hybridized carbons (Fsp3) is 0.125. The second kappa shape index (κ2) is 5.09. The fourth-order valence-corrected chi connectivity index (χ4v) is 1.36. The number of hydrogen-bond donors (Lipinski definition) is 0. The number of aldehydes is 1. The number of halogens is 3. The number of hydrogen-bond acceptors (Lipinski definition) is 3. The third kappa shape index (κ3) is 2.62. The Labute approximate surface area is 132 Å². The van der Waals surface area contributed by atoms with E-state index in [1.165, 1.54) is 0 Å². The Kier molecular flexibility index (Phi) is 4.47. The molecule has 80 valence electrons. The minimum Gasteiger partial charge on any atom is -0.454 e. The molecule has 0 unspecified atom stereocenters. The second-order valence-corrected chi connectivity index (χ2v) is 3.03. The maximum atomic E-state index is 12.5. The molecule has 2 rings (SSSR count). The SMILES string of the molecule is O=Cc1cc2c(cc1[B-](F)(F)F)OCO2.[K+]. The molecule has 0 aromatic heterocycles. The van der Waals surface area contributed by atoms with Gasteiger partial charge in [-0.3, -0.25) is 4.79 Å². The van der Waals surface area contributed by atoms with E-state index in [0.29, 0.717) is 0 Å². The van der Waals surface area contributed by atoms with E-state index < -0.39 is 18.0 Å². The topological polar surface area (TPSA) is 35.5 Å². The minimum absolute atomic E-state index is 0. The molecule has 0 bridgehead atoms. The van der Waals surface area contributed by atoms with Crippen LogP contribution in [-0.4, -0.2) is 20.1 Å². The van der Waals surface area contributed by atoms with Crippen molar-refractivity contribution in [3.8, 4) is 11.5 Å². The van der Waals surface area contributed by atoms with Gasteiger partial charge in [0, 0.05) is 0 Å². The smallest absolute Gasteiger partial charge is 0.454 e. The Morgan fingerprint density at radius 3 is 2.25 bits per heavy atom. The molecule has 1 aromatic rings. The molecule has 0 spiro atoms. The summed E-state index contributed by atoms with van der Waals surface area (Å²) in [6.45, 7) is -5.34. The van der Waals surface area contributed by atoms with Crippen molar-refractivity contribution in [1.29, 1.82) is 0 Å². The summed E-state index contributed by atoms with van der Waals surface area (Å²) in [5, 5.41) is 0. The summed E-state index contributed by atoms with van der Waals surface area (Å²) in [6.07, 6.45) is 0.159. The molecule has 0 saturated carbocycles. The number of fused-ring (bicyclic) bond motifs is 1. The third-order valence-corrected chi connectivity index (χ3v) is 2.06. The molecule has 0 radical (unpaired) electrons. The summed E-state index contributed by atoms with van der Waals surface area (Å²) in [7, 11) is 0. The molecule has 1 aliphatic heterocycles. The van der Waals surface area contributed by atoms with Crippen LogP contribution in [0.2, 0.25) is 0 Å². The Bertz CT molecular complexity index is 422. The molecule has 0 saturated heterocycles. The summed E-state index contributed by atoms with van der Waals surface area (Å²) in [6, 6.07) is 1.84. The van der Waals surface area contributed by atoms with Gasteiger partial charge in [0.1, 0.15) is 6.29 Å². The van der Waals surface area contributed by atoms with Gasteiger partial charge in [-0.25, -0.2) is 0 Å². The number of rotatable bonds is 2. The Hall–Kier alpha value is -0.0187. The van der Waals surface area contributed by atoms with Crippen molar-refractivity contribution in [1.82, 2.24) is 0 Å². The molecule has 0 amide bonds. The molecule has 1 heterocycles. The first kappa shape index (κ1) is 14.0. The van der Waals surface area contributed by atoms with Crippen molar-refractivity contribution in [3.63, 3.8) is 0 Å². The Morgan fingerprint density at radius 1 is 1.19 bits per heavy atom. The summed E-state index contributed by atoms with van der Waals surface area (Å²) in [5.41, 5.74) is -1.37. The van der Waals surface area contributed by atoms with E-state index in [1.807, 2.05) is 0 Å². The van der Waals surface area contributed by atoms with Gasteiger partial charge in [0.05, 0.1) is 0 Å². The first-order valence-electron chi connectivity index (χ1n) is 4.11. The van der Waals surface area contributed by atoms with Gasteiger partial charge in [-0.2, -0.15) is 0 Å². The molecule has 0 fully saturated rings. The molecule has 1 aliphatic rings. The summed E-state index contributed by atoms with van der Waals surface area (Å²) in [5.74, 6) is 0.190. The maximum absolute atomic E-state index is 12.5. The van der Waals surface area contributed by atoms with Gasteiger partial charge >= 0.3 is 58.4 Å². The van der Waals surface area contributed by atoms with Crippen LogP contribution >= 0.6 is 0 Å². The van der Waals surface area contributed by atoms with Gasteiger partial charge in [-0.1, -0.05) is 5.46 Å². The fourth-order valence-electron chi connectivity index (χ4n) is 1.36. The molecule has 0 aliphatic carbocycles. The molecular weight excluding hydrogens is 251 g/mol. The van der Waals surface area contributed by atoms with E-state index in [4.69, 9.17) is 9.47 Å². The van der Waals surface area contributed by atoms with Crippen LogP contribution in [0.25, 0.3) is 0 Å². The van der Waals surface area contributed by atoms with E-state index >= 15 is 0 Å². The van der Waals surface area contributed by atoms with Crippen molar-refractivity contribution in [2.75, 3.05) is 6.79 Å². The van der Waals surface area contributed by atoms with Gasteiger partial charge in [-0.15, -0.1) is 0 Å². The monoisotopic (exact) mass is 256 g/mol. The minimum atomic E-state index is -5.22. The number of ether oxygens (including phenoxy) is 2. The molecule has 0 atom stereocenters. The summed E-state index contributed by atoms with van der Waals surface area (Å²) >= 11 is 0. The van der Waals surface area contributed by atoms with Crippen molar-refractivity contribution in [2.24, 2.45) is 0 Å². The van der Waals surface area contributed by atoms with Crippen LogP contribution in [0.3, 0.4) is 0 Å². The normalized spacial score (nSPS) is 13.2. The molecule has 3 nitrogen and oxygen atoms in total. The third-order valence-electron chi connectivity index (χ3n) is 2.06. The van der Waals surface area contributed by atoms with E-state index in [-0.39, 0.29) is 76.0 Å². The summed E-state index contributed by atoms with van der Waals surface area (Å²) in [4.78, 5) is 10.5. The van der Waals surface area contributed by atoms with Crippen LogP contribution < -0.4 is 66.3 Å². The first-order chi connectivity index (χ1) is 7.02. The van der Waals surface area contributed by atoms with Gasteiger partial charge in [-0.05, 0) is 17.7 Å². The largest absolute Gasteiger partial charge is 1.00 e. The molecule has 0 N–H and O–H groups in total. The molecule has 1 aromatic carbocycles. The van der Waals surface area contributed by atoms with Gasteiger partial charge in [0.15, 0.2) is 11.5 Å². The van der Waals surface area contributed by atoms with Gasteiger partial charge in [0.2, 0.25) is 6.79 Å². The molecule has 16 heavy (non-hydrogen) atoms. The predicted octanol–water partition coefficient (Wildman–Crippen LogP) is -1.71. The van der Waals surface area contributed by atoms with Crippen molar-refractivity contribution >= 4 is 18.7 Å². The predicted molar refractivity (Wildman–Crippen MR) is 46.7 cm³/mol. The first-order valence-corrected chi connectivity index (χ1v) is 4.11. The van der Waals surface area contributed by atoms with Crippen LogP contribution in [0, 0.1) is 0 Å². The zero-order chi connectivity index (χ0) is 11.1. The van der Waals surface area contributed by atoms with E-state index in [2.05, 4.69) is 0 Å².